The number of ether oxygens (including phenoxy) is 1. The summed E-state index contributed by atoms with van der Waals surface area (Å²) in [6.07, 6.45) is -2.45. The van der Waals surface area contributed by atoms with Gasteiger partial charge < -0.3 is 19.9 Å². The predicted molar refractivity (Wildman–Crippen MR) is 149 cm³/mol. The summed E-state index contributed by atoms with van der Waals surface area (Å²) >= 11 is 0. The summed E-state index contributed by atoms with van der Waals surface area (Å²) in [4.78, 5) is 31.3. The third-order valence-electron chi connectivity index (χ3n) is 7.91. The fourth-order valence-electron chi connectivity index (χ4n) is 5.60. The monoisotopic (exact) mass is 589 g/mol. The number of fused-ring (bicyclic) bond motifs is 1. The molecule has 42 heavy (non-hydrogen) atoms. The van der Waals surface area contributed by atoms with E-state index in [0.717, 1.165) is 34.4 Å². The summed E-state index contributed by atoms with van der Waals surface area (Å²) in [7, 11) is 0. The van der Waals surface area contributed by atoms with Crippen molar-refractivity contribution in [3.63, 3.8) is 0 Å². The normalized spacial score (nSPS) is 19.6. The third-order valence-corrected chi connectivity index (χ3v) is 7.91. The number of rotatable bonds is 7. The van der Waals surface area contributed by atoms with Crippen molar-refractivity contribution in [3.05, 3.63) is 69.5 Å². The Bertz CT molecular complexity index is 1470. The lowest BCUT2D eigenvalue weighted by molar-refractivity contribution is -0.388. The maximum absolute atomic E-state index is 13.6. The molecule has 0 radical (unpaired) electrons. The Morgan fingerprint density at radius 2 is 1.79 bits per heavy atom. The van der Waals surface area contributed by atoms with Gasteiger partial charge in [-0.05, 0) is 74.6 Å². The highest BCUT2D eigenvalue weighted by molar-refractivity contribution is 5.84. The van der Waals surface area contributed by atoms with Gasteiger partial charge in [0.2, 0.25) is 5.91 Å². The van der Waals surface area contributed by atoms with E-state index < -0.39 is 22.4 Å². The number of piperazine rings is 1. The van der Waals surface area contributed by atoms with Crippen molar-refractivity contribution in [1.29, 1.82) is 0 Å². The van der Waals surface area contributed by atoms with Gasteiger partial charge in [0.1, 0.15) is 23.8 Å². The van der Waals surface area contributed by atoms with Crippen LogP contribution in [0.5, 0.6) is 0 Å². The molecule has 2 heterocycles. The smallest absolute Gasteiger partial charge is 0.382 e. The standard InChI is InChI=1S/C29H31F4N5O4/c1-18-14-27(35-25-8-2-19(30)15-23(18)25)36-10-12-37(13-11-36)28(39)17-42-22-6-3-20(4-7-22)34-21-5-9-26(38(40)41)24(16-21)29(31,32)33/h2,5,8-9,14-16,20,22,34H,3-4,6-7,10-13,17H2,1H3/t20-,22-. The Balaban J connectivity index is 1.07. The molecule has 1 aliphatic carbocycles. The van der Waals surface area contributed by atoms with Crippen molar-refractivity contribution in [2.24, 2.45) is 0 Å². The summed E-state index contributed by atoms with van der Waals surface area (Å²) in [5, 5.41) is 14.8. The lowest BCUT2D eigenvalue weighted by atomic mass is 9.92. The first-order valence-electron chi connectivity index (χ1n) is 13.8. The van der Waals surface area contributed by atoms with Gasteiger partial charge in [0.05, 0.1) is 16.5 Å². The number of halogens is 4. The summed E-state index contributed by atoms with van der Waals surface area (Å²) in [5.41, 5.74) is -0.426. The topological polar surface area (TPSA) is 101 Å². The Kier molecular flexibility index (Phi) is 8.48. The van der Waals surface area contributed by atoms with Crippen molar-refractivity contribution >= 4 is 34.0 Å². The van der Waals surface area contributed by atoms with E-state index in [1.807, 2.05) is 13.0 Å². The average molecular weight is 590 g/mol. The van der Waals surface area contributed by atoms with Crippen LogP contribution >= 0.6 is 0 Å². The van der Waals surface area contributed by atoms with E-state index in [9.17, 15) is 32.5 Å². The SMILES string of the molecule is Cc1cc(N2CCN(C(=O)CO[C@H]3CC[C@H](Nc4ccc([N+](=O)[O-])c(C(F)(F)F)c4)CC3)CC2)nc2ccc(F)cc12. The maximum atomic E-state index is 13.6. The predicted octanol–water partition coefficient (Wildman–Crippen LogP) is 5.70. The third kappa shape index (κ3) is 6.72. The molecule has 224 valence electrons. The Morgan fingerprint density at radius 3 is 2.45 bits per heavy atom. The van der Waals surface area contributed by atoms with Gasteiger partial charge in [0, 0.05) is 49.4 Å². The molecule has 9 nitrogen and oxygen atoms in total. The zero-order valence-electron chi connectivity index (χ0n) is 23.0. The maximum Gasteiger partial charge on any atom is 0.423 e. The first kappa shape index (κ1) is 29.5. The van der Waals surface area contributed by atoms with Crippen LogP contribution in [0.25, 0.3) is 10.9 Å². The molecular formula is C29H31F4N5O4. The second-order valence-corrected chi connectivity index (χ2v) is 10.7. The first-order valence-corrected chi connectivity index (χ1v) is 13.8. The molecule has 0 spiro atoms. The second kappa shape index (κ2) is 12.1. The molecule has 1 amide bonds. The molecule has 0 atom stereocenters. The lowest BCUT2D eigenvalue weighted by Gasteiger charge is -2.36. The number of carbonyl (C=O) groups excluding carboxylic acids is 1. The van der Waals surface area contributed by atoms with Crippen molar-refractivity contribution in [2.75, 3.05) is 43.0 Å². The van der Waals surface area contributed by atoms with E-state index in [-0.39, 0.29) is 36.2 Å². The fraction of sp³-hybridized carbons (Fsp3) is 0.448. The van der Waals surface area contributed by atoms with Crippen LogP contribution in [0.2, 0.25) is 0 Å². The van der Waals surface area contributed by atoms with Crippen LogP contribution in [0.1, 0.15) is 36.8 Å². The van der Waals surface area contributed by atoms with E-state index in [1.54, 1.807) is 11.0 Å². The summed E-state index contributed by atoms with van der Waals surface area (Å²) < 4.78 is 59.3. The molecule has 1 aromatic heterocycles. The van der Waals surface area contributed by atoms with Gasteiger partial charge in [-0.1, -0.05) is 0 Å². The van der Waals surface area contributed by atoms with Gasteiger partial charge in [-0.3, -0.25) is 14.9 Å². The number of nitro benzene ring substituents is 1. The summed E-state index contributed by atoms with van der Waals surface area (Å²) in [5.74, 6) is 0.395. The number of pyridine rings is 1. The van der Waals surface area contributed by atoms with Crippen LogP contribution in [0.3, 0.4) is 0 Å². The molecule has 13 heteroatoms. The molecule has 2 fully saturated rings. The number of nitrogens with zero attached hydrogens (tertiary/aromatic N) is 4. The lowest BCUT2D eigenvalue weighted by Crippen LogP contribution is -2.50. The number of nitro groups is 1. The van der Waals surface area contributed by atoms with E-state index in [0.29, 0.717) is 51.9 Å². The van der Waals surface area contributed by atoms with Crippen LogP contribution in [0.4, 0.5) is 34.8 Å². The molecule has 5 rings (SSSR count). The Hall–Kier alpha value is -4.00. The van der Waals surface area contributed by atoms with Crippen LogP contribution in [-0.2, 0) is 15.7 Å². The molecule has 0 bridgehead atoms. The highest BCUT2D eigenvalue weighted by atomic mass is 19.4. The van der Waals surface area contributed by atoms with E-state index in [2.05, 4.69) is 15.2 Å². The number of benzene rings is 2. The van der Waals surface area contributed by atoms with Gasteiger partial charge in [-0.15, -0.1) is 0 Å². The van der Waals surface area contributed by atoms with Crippen LogP contribution in [-0.4, -0.2) is 65.6 Å². The van der Waals surface area contributed by atoms with Crippen LogP contribution in [0, 0.1) is 22.9 Å². The molecule has 2 aromatic carbocycles. The van der Waals surface area contributed by atoms with Gasteiger partial charge in [0.15, 0.2) is 0 Å². The highest BCUT2D eigenvalue weighted by Gasteiger charge is 2.38. The number of aryl methyl sites for hydroxylation is 1. The fourth-order valence-corrected chi connectivity index (χ4v) is 5.60. The Labute approximate surface area is 239 Å². The number of alkyl halides is 3. The van der Waals surface area contributed by atoms with Crippen molar-refractivity contribution in [1.82, 2.24) is 9.88 Å². The van der Waals surface area contributed by atoms with Crippen LogP contribution < -0.4 is 10.2 Å². The van der Waals surface area contributed by atoms with Crippen molar-refractivity contribution < 1.29 is 32.0 Å². The van der Waals surface area contributed by atoms with Gasteiger partial charge in [-0.25, -0.2) is 9.37 Å². The Morgan fingerprint density at radius 1 is 1.07 bits per heavy atom. The average Bonchev–Trinajstić information content (AvgIpc) is 2.96. The largest absolute Gasteiger partial charge is 0.423 e. The minimum Gasteiger partial charge on any atom is -0.382 e. The van der Waals surface area contributed by atoms with Crippen molar-refractivity contribution in [3.8, 4) is 0 Å². The number of amides is 1. The number of nitrogens with one attached hydrogen (secondary N) is 1. The first-order chi connectivity index (χ1) is 20.0. The number of carbonyl (C=O) groups is 1. The van der Waals surface area contributed by atoms with E-state index in [4.69, 9.17) is 4.74 Å². The summed E-state index contributed by atoms with van der Waals surface area (Å²) in [6.45, 7) is 4.15. The molecule has 1 saturated carbocycles. The van der Waals surface area contributed by atoms with Gasteiger partial charge >= 0.3 is 6.18 Å². The number of hydrogen-bond acceptors (Lipinski definition) is 7. The zero-order valence-corrected chi connectivity index (χ0v) is 23.0. The second-order valence-electron chi connectivity index (χ2n) is 10.7. The molecule has 3 aromatic rings. The van der Waals surface area contributed by atoms with Crippen molar-refractivity contribution in [2.45, 2.75) is 50.9 Å². The minimum absolute atomic E-state index is 0.0427. The molecular weight excluding hydrogens is 558 g/mol. The highest BCUT2D eigenvalue weighted by Crippen LogP contribution is 2.38. The molecule has 1 N–H and O–H groups in total. The van der Waals surface area contributed by atoms with E-state index >= 15 is 0 Å². The molecule has 1 aliphatic heterocycles. The quantitative estimate of drug-likeness (QED) is 0.214. The number of hydrogen-bond donors (Lipinski definition) is 1. The summed E-state index contributed by atoms with van der Waals surface area (Å²) in [6, 6.07) is 9.29. The molecule has 0 unspecified atom stereocenters. The van der Waals surface area contributed by atoms with Crippen LogP contribution in [0.15, 0.2) is 42.5 Å². The van der Waals surface area contributed by atoms with E-state index in [1.165, 1.54) is 18.2 Å². The minimum atomic E-state index is -4.83. The molecule has 2 aliphatic rings. The molecule has 1 saturated heterocycles. The van der Waals surface area contributed by atoms with Gasteiger partial charge in [-0.2, -0.15) is 13.2 Å². The van der Waals surface area contributed by atoms with Gasteiger partial charge in [0.25, 0.3) is 5.69 Å². The number of aromatic nitrogens is 1. The number of anilines is 2. The zero-order chi connectivity index (χ0) is 30.0.